The number of hydrogen-bond acceptors (Lipinski definition) is 5. The molecule has 0 aromatic heterocycles. The number of anilines is 1. The molecule has 32 heavy (non-hydrogen) atoms. The number of rotatable bonds is 7. The molecule has 1 fully saturated rings. The van der Waals surface area contributed by atoms with Crippen LogP contribution in [0.4, 0.5) is 10.1 Å². The van der Waals surface area contributed by atoms with Crippen molar-refractivity contribution in [2.75, 3.05) is 51.3 Å². The van der Waals surface area contributed by atoms with Crippen molar-refractivity contribution >= 4 is 38.9 Å². The molecule has 0 bridgehead atoms. The predicted molar refractivity (Wildman–Crippen MR) is 128 cm³/mol. The van der Waals surface area contributed by atoms with E-state index in [1.807, 2.05) is 6.07 Å². The first-order valence-electron chi connectivity index (χ1n) is 10.3. The van der Waals surface area contributed by atoms with Gasteiger partial charge in [0, 0.05) is 50.3 Å². The van der Waals surface area contributed by atoms with Gasteiger partial charge in [0.05, 0.1) is 12.0 Å². The number of ether oxygens (including phenoxy) is 1. The van der Waals surface area contributed by atoms with Crippen molar-refractivity contribution in [1.29, 1.82) is 0 Å². The summed E-state index contributed by atoms with van der Waals surface area (Å²) in [7, 11) is -1.95. The van der Waals surface area contributed by atoms with Gasteiger partial charge in [-0.3, -0.25) is 4.90 Å². The maximum Gasteiger partial charge on any atom is 0.240 e. The number of nitrogens with one attached hydrogen (secondary N) is 1. The minimum atomic E-state index is -3.63. The molecule has 172 valence electrons. The van der Waals surface area contributed by atoms with Crippen LogP contribution in [0.15, 0.2) is 65.6 Å². The lowest BCUT2D eigenvalue weighted by Crippen LogP contribution is -2.48. The van der Waals surface area contributed by atoms with Crippen LogP contribution in [0.2, 0.25) is 0 Å². The Kier molecular flexibility index (Phi) is 7.95. The van der Waals surface area contributed by atoms with Gasteiger partial charge in [0.1, 0.15) is 11.6 Å². The predicted octanol–water partition coefficient (Wildman–Crippen LogP) is 3.51. The Morgan fingerprint density at radius 1 is 1.00 bits per heavy atom. The first-order chi connectivity index (χ1) is 15.0. The highest BCUT2D eigenvalue weighted by Gasteiger charge is 2.20. The second-order valence-corrected chi connectivity index (χ2v) is 9.31. The Balaban J connectivity index is 0.00000289. The van der Waals surface area contributed by atoms with Crippen molar-refractivity contribution in [2.45, 2.75) is 4.90 Å². The van der Waals surface area contributed by atoms with Gasteiger partial charge in [0.15, 0.2) is 0 Å². The summed E-state index contributed by atoms with van der Waals surface area (Å²) >= 11 is 0. The van der Waals surface area contributed by atoms with Crippen LogP contribution in [0.1, 0.15) is 0 Å². The molecule has 0 aliphatic carbocycles. The van der Waals surface area contributed by atoms with E-state index in [9.17, 15) is 12.8 Å². The van der Waals surface area contributed by atoms with Crippen LogP contribution >= 0.6 is 12.4 Å². The Hall–Kier alpha value is -2.39. The second-order valence-electron chi connectivity index (χ2n) is 7.54. The summed E-state index contributed by atoms with van der Waals surface area (Å²) < 4.78 is 45.7. The van der Waals surface area contributed by atoms with E-state index in [1.54, 1.807) is 7.11 Å². The molecule has 1 aliphatic heterocycles. The molecule has 3 aromatic rings. The summed E-state index contributed by atoms with van der Waals surface area (Å²) in [6, 6.07) is 17.3. The number of methoxy groups -OCH3 is 1. The zero-order chi connectivity index (χ0) is 21.8. The van der Waals surface area contributed by atoms with Crippen LogP contribution < -0.4 is 14.4 Å². The molecule has 0 radical (unpaired) electrons. The Morgan fingerprint density at radius 2 is 1.72 bits per heavy atom. The average molecular weight is 480 g/mol. The molecule has 4 rings (SSSR count). The first-order valence-corrected chi connectivity index (χ1v) is 11.7. The minimum absolute atomic E-state index is 0. The van der Waals surface area contributed by atoms with Gasteiger partial charge in [-0.1, -0.05) is 18.2 Å². The fourth-order valence-corrected chi connectivity index (χ4v) is 4.91. The van der Waals surface area contributed by atoms with E-state index in [-0.39, 0.29) is 17.3 Å². The molecular weight excluding hydrogens is 453 g/mol. The summed E-state index contributed by atoms with van der Waals surface area (Å²) in [5.41, 5.74) is 1.19. The molecule has 6 nitrogen and oxygen atoms in total. The van der Waals surface area contributed by atoms with Gasteiger partial charge in [-0.05, 0) is 47.9 Å². The van der Waals surface area contributed by atoms with Crippen molar-refractivity contribution in [3.8, 4) is 5.75 Å². The Labute approximate surface area is 194 Å². The second kappa shape index (κ2) is 10.5. The normalized spacial score (nSPS) is 14.9. The number of nitrogens with zero attached hydrogens (tertiary/aromatic N) is 2. The molecule has 0 spiro atoms. The summed E-state index contributed by atoms with van der Waals surface area (Å²) in [5, 5.41) is 2.35. The molecule has 0 saturated carbocycles. The molecule has 0 amide bonds. The van der Waals surface area contributed by atoms with Gasteiger partial charge < -0.3 is 9.64 Å². The SMILES string of the molecule is COc1ccc2cccc(N3CCN(CCNS(=O)(=O)c4ccc(F)cc4)CC3)c2c1.Cl. The summed E-state index contributed by atoms with van der Waals surface area (Å²) in [4.78, 5) is 4.68. The van der Waals surface area contributed by atoms with E-state index in [4.69, 9.17) is 4.74 Å². The van der Waals surface area contributed by atoms with E-state index in [1.165, 1.54) is 28.6 Å². The summed E-state index contributed by atoms with van der Waals surface area (Å²) in [5.74, 6) is 0.383. The van der Waals surface area contributed by atoms with Gasteiger partial charge in [0.25, 0.3) is 0 Å². The van der Waals surface area contributed by atoms with Crippen LogP contribution in [0.25, 0.3) is 10.8 Å². The van der Waals surface area contributed by atoms with Crippen LogP contribution in [-0.2, 0) is 10.0 Å². The largest absolute Gasteiger partial charge is 0.497 e. The molecular formula is C23H27ClFN3O3S. The van der Waals surface area contributed by atoms with E-state index >= 15 is 0 Å². The molecule has 0 atom stereocenters. The summed E-state index contributed by atoms with van der Waals surface area (Å²) in [6.07, 6.45) is 0. The van der Waals surface area contributed by atoms with Crippen LogP contribution in [0.5, 0.6) is 5.75 Å². The molecule has 9 heteroatoms. The number of hydrogen-bond donors (Lipinski definition) is 1. The Bertz CT molecular complexity index is 1150. The number of halogens is 2. The van der Waals surface area contributed by atoms with E-state index < -0.39 is 15.8 Å². The third-order valence-electron chi connectivity index (χ3n) is 5.62. The van der Waals surface area contributed by atoms with Crippen LogP contribution in [0.3, 0.4) is 0 Å². The average Bonchev–Trinajstić information content (AvgIpc) is 2.79. The molecule has 0 unspecified atom stereocenters. The van der Waals surface area contributed by atoms with Crippen molar-refractivity contribution < 1.29 is 17.5 Å². The lowest BCUT2D eigenvalue weighted by atomic mass is 10.1. The number of benzene rings is 3. The smallest absolute Gasteiger partial charge is 0.240 e. The Morgan fingerprint density at radius 3 is 2.41 bits per heavy atom. The van der Waals surface area contributed by atoms with Crippen LogP contribution in [-0.4, -0.2) is 59.7 Å². The van der Waals surface area contributed by atoms with Gasteiger partial charge in [-0.2, -0.15) is 0 Å². The van der Waals surface area contributed by atoms with E-state index in [2.05, 4.69) is 44.9 Å². The third kappa shape index (κ3) is 5.50. The molecule has 1 N–H and O–H groups in total. The minimum Gasteiger partial charge on any atom is -0.497 e. The standard InChI is InChI=1S/C23H26FN3O3S.ClH/c1-30-20-8-5-18-3-2-4-23(22(18)17-20)27-15-13-26(14-16-27)12-11-25-31(28,29)21-9-6-19(24)7-10-21;/h2-10,17,25H,11-16H2,1H3;1H. The highest BCUT2D eigenvalue weighted by atomic mass is 35.5. The highest BCUT2D eigenvalue weighted by Crippen LogP contribution is 2.30. The van der Waals surface area contributed by atoms with Gasteiger partial charge in [-0.25, -0.2) is 17.5 Å². The van der Waals surface area contributed by atoms with Crippen molar-refractivity contribution in [3.05, 3.63) is 66.5 Å². The monoisotopic (exact) mass is 479 g/mol. The van der Waals surface area contributed by atoms with E-state index in [0.29, 0.717) is 13.1 Å². The highest BCUT2D eigenvalue weighted by molar-refractivity contribution is 7.89. The number of piperazine rings is 1. The molecule has 1 saturated heterocycles. The maximum atomic E-state index is 13.0. The lowest BCUT2D eigenvalue weighted by molar-refractivity contribution is 0.262. The van der Waals surface area contributed by atoms with Crippen molar-refractivity contribution in [1.82, 2.24) is 9.62 Å². The fraction of sp³-hybridized carbons (Fsp3) is 0.304. The van der Waals surface area contributed by atoms with Gasteiger partial charge in [0.2, 0.25) is 10.0 Å². The molecule has 1 heterocycles. The number of sulfonamides is 1. The number of fused-ring (bicyclic) bond motifs is 1. The zero-order valence-electron chi connectivity index (χ0n) is 17.8. The topological polar surface area (TPSA) is 61.9 Å². The molecule has 3 aromatic carbocycles. The van der Waals surface area contributed by atoms with Gasteiger partial charge >= 0.3 is 0 Å². The maximum absolute atomic E-state index is 13.0. The van der Waals surface area contributed by atoms with Crippen molar-refractivity contribution in [3.63, 3.8) is 0 Å². The van der Waals surface area contributed by atoms with Crippen molar-refractivity contribution in [2.24, 2.45) is 0 Å². The lowest BCUT2D eigenvalue weighted by Gasteiger charge is -2.36. The fourth-order valence-electron chi connectivity index (χ4n) is 3.89. The zero-order valence-corrected chi connectivity index (χ0v) is 19.5. The van der Waals surface area contributed by atoms with Crippen LogP contribution in [0, 0.1) is 5.82 Å². The third-order valence-corrected chi connectivity index (χ3v) is 7.10. The first kappa shape index (κ1) is 24.3. The van der Waals surface area contributed by atoms with E-state index in [0.717, 1.165) is 44.1 Å². The summed E-state index contributed by atoms with van der Waals surface area (Å²) in [6.45, 7) is 4.35. The molecule has 1 aliphatic rings. The quantitative estimate of drug-likeness (QED) is 0.562. The van der Waals surface area contributed by atoms with Gasteiger partial charge in [-0.15, -0.1) is 12.4 Å².